The Morgan fingerprint density at radius 3 is 2.52 bits per heavy atom. The van der Waals surface area contributed by atoms with Gasteiger partial charge in [0.15, 0.2) is 0 Å². The first-order valence-corrected chi connectivity index (χ1v) is 10.3. The van der Waals surface area contributed by atoms with Gasteiger partial charge in [-0.05, 0) is 24.8 Å². The summed E-state index contributed by atoms with van der Waals surface area (Å²) >= 11 is 0. The van der Waals surface area contributed by atoms with Crippen LogP contribution in [-0.4, -0.2) is 49.4 Å². The predicted octanol–water partition coefficient (Wildman–Crippen LogP) is 0.503. The minimum atomic E-state index is -3.74. The number of carbonyl (C=O) groups excluding carboxylic acids is 2. The number of carbonyl (C=O) groups is 2. The van der Waals surface area contributed by atoms with Crippen LogP contribution in [-0.2, 0) is 21.4 Å². The zero-order valence-corrected chi connectivity index (χ0v) is 16.6. The molecular formula is C17H26N4O5S. The fourth-order valence-corrected chi connectivity index (χ4v) is 3.97. The summed E-state index contributed by atoms with van der Waals surface area (Å²) in [6.07, 6.45) is 5.16. The normalized spacial score (nSPS) is 20.3. The Morgan fingerprint density at radius 2 is 1.89 bits per heavy atom. The fraction of sp³-hybridized carbons (Fsp3) is 0.588. The van der Waals surface area contributed by atoms with Gasteiger partial charge in [0.25, 0.3) is 5.56 Å². The second-order valence-corrected chi connectivity index (χ2v) is 9.16. The summed E-state index contributed by atoms with van der Waals surface area (Å²) in [4.78, 5) is 35.9. The molecule has 0 spiro atoms. The number of aromatic nitrogens is 1. The minimum Gasteiger partial charge on any atom is -0.335 e. The van der Waals surface area contributed by atoms with Gasteiger partial charge in [-0.25, -0.2) is 17.5 Å². The van der Waals surface area contributed by atoms with Crippen molar-refractivity contribution < 1.29 is 18.0 Å². The number of urea groups is 1. The largest absolute Gasteiger partial charge is 0.335 e. The SMILES string of the molecule is C[C@H]1CCCC[C@H]1NC(=O)NC(=O)Cn1cc(S(=O)(=O)N(C)C)ccc1=O. The molecule has 0 aliphatic heterocycles. The molecule has 1 fully saturated rings. The maximum atomic E-state index is 12.2. The monoisotopic (exact) mass is 398 g/mol. The molecule has 0 radical (unpaired) electrons. The minimum absolute atomic E-state index is 0.0165. The second kappa shape index (κ2) is 8.66. The van der Waals surface area contributed by atoms with E-state index in [1.807, 2.05) is 0 Å². The van der Waals surface area contributed by atoms with E-state index in [9.17, 15) is 22.8 Å². The Hall–Kier alpha value is -2.20. The van der Waals surface area contributed by atoms with E-state index in [2.05, 4.69) is 17.6 Å². The number of pyridine rings is 1. The number of rotatable bonds is 5. The molecule has 1 heterocycles. The number of hydrogen-bond acceptors (Lipinski definition) is 5. The van der Waals surface area contributed by atoms with E-state index in [4.69, 9.17) is 0 Å². The summed E-state index contributed by atoms with van der Waals surface area (Å²) < 4.78 is 26.3. The van der Waals surface area contributed by atoms with Crippen LogP contribution in [0, 0.1) is 5.92 Å². The van der Waals surface area contributed by atoms with E-state index in [-0.39, 0.29) is 10.9 Å². The fourth-order valence-electron chi connectivity index (χ4n) is 3.05. The number of nitrogens with one attached hydrogen (secondary N) is 2. The lowest BCUT2D eigenvalue weighted by Crippen LogP contribution is -2.48. The first kappa shape index (κ1) is 21.1. The maximum absolute atomic E-state index is 12.2. The van der Waals surface area contributed by atoms with Gasteiger partial charge in [0.2, 0.25) is 15.9 Å². The van der Waals surface area contributed by atoms with Gasteiger partial charge in [0.05, 0.1) is 4.90 Å². The standard InChI is InChI=1S/C17H26N4O5S/c1-12-6-4-5-7-14(12)18-17(24)19-15(22)11-21-10-13(8-9-16(21)23)27(25,26)20(2)3/h8-10,12,14H,4-7,11H2,1-3H3,(H2,18,19,22,24)/t12-,14+/m0/s1. The molecule has 0 aromatic carbocycles. The molecule has 2 rings (SSSR count). The van der Waals surface area contributed by atoms with Crippen LogP contribution in [0.2, 0.25) is 0 Å². The highest BCUT2D eigenvalue weighted by molar-refractivity contribution is 7.89. The number of nitrogens with zero attached hydrogens (tertiary/aromatic N) is 2. The van der Waals surface area contributed by atoms with Gasteiger partial charge in [-0.15, -0.1) is 0 Å². The van der Waals surface area contributed by atoms with E-state index < -0.39 is 34.1 Å². The molecule has 2 N–H and O–H groups in total. The van der Waals surface area contributed by atoms with Gasteiger partial charge in [-0.2, -0.15) is 0 Å². The van der Waals surface area contributed by atoms with Crippen molar-refractivity contribution in [3.63, 3.8) is 0 Å². The van der Waals surface area contributed by atoms with Crippen LogP contribution >= 0.6 is 0 Å². The third kappa shape index (κ3) is 5.39. The molecule has 1 aliphatic carbocycles. The molecule has 10 heteroatoms. The average Bonchev–Trinajstić information content (AvgIpc) is 2.58. The van der Waals surface area contributed by atoms with Gasteiger partial charge < -0.3 is 9.88 Å². The molecule has 27 heavy (non-hydrogen) atoms. The molecule has 1 aromatic heterocycles. The summed E-state index contributed by atoms with van der Waals surface area (Å²) in [5, 5.41) is 4.99. The van der Waals surface area contributed by atoms with Gasteiger partial charge >= 0.3 is 6.03 Å². The first-order valence-electron chi connectivity index (χ1n) is 8.84. The van der Waals surface area contributed by atoms with Crippen molar-refractivity contribution in [3.8, 4) is 0 Å². The van der Waals surface area contributed by atoms with Crippen molar-refractivity contribution in [1.82, 2.24) is 19.5 Å². The van der Waals surface area contributed by atoms with Gasteiger partial charge in [-0.1, -0.05) is 19.8 Å². The Kier molecular flexibility index (Phi) is 6.77. The lowest BCUT2D eigenvalue weighted by Gasteiger charge is -2.29. The van der Waals surface area contributed by atoms with Crippen molar-refractivity contribution in [1.29, 1.82) is 0 Å². The third-order valence-electron chi connectivity index (χ3n) is 4.73. The highest BCUT2D eigenvalue weighted by atomic mass is 32.2. The van der Waals surface area contributed by atoms with E-state index in [0.29, 0.717) is 5.92 Å². The molecule has 3 amide bonds. The van der Waals surface area contributed by atoms with E-state index >= 15 is 0 Å². The van der Waals surface area contributed by atoms with E-state index in [1.54, 1.807) is 0 Å². The summed E-state index contributed by atoms with van der Waals surface area (Å²) in [5.41, 5.74) is -0.538. The van der Waals surface area contributed by atoms with Crippen molar-refractivity contribution in [3.05, 3.63) is 28.7 Å². The van der Waals surface area contributed by atoms with Crippen LogP contribution in [0.3, 0.4) is 0 Å². The van der Waals surface area contributed by atoms with Crippen LogP contribution in [0.25, 0.3) is 0 Å². The molecule has 1 aliphatic rings. The summed E-state index contributed by atoms with van der Waals surface area (Å²) in [6, 6.07) is 1.67. The zero-order valence-electron chi connectivity index (χ0n) is 15.8. The molecule has 9 nitrogen and oxygen atoms in total. The molecule has 2 atom stereocenters. The predicted molar refractivity (Wildman–Crippen MR) is 99.7 cm³/mol. The smallest absolute Gasteiger partial charge is 0.321 e. The number of imide groups is 1. The van der Waals surface area contributed by atoms with Gasteiger partial charge in [0.1, 0.15) is 6.54 Å². The molecule has 0 bridgehead atoms. The Labute approximate surface area is 158 Å². The average molecular weight is 398 g/mol. The Bertz CT molecular complexity index is 862. The zero-order chi connectivity index (χ0) is 20.2. The molecule has 150 valence electrons. The summed E-state index contributed by atoms with van der Waals surface area (Å²) in [5.74, 6) is -0.354. The van der Waals surface area contributed by atoms with E-state index in [0.717, 1.165) is 46.8 Å². The van der Waals surface area contributed by atoms with Crippen molar-refractivity contribution in [2.45, 2.75) is 50.1 Å². The highest BCUT2D eigenvalue weighted by Gasteiger charge is 2.24. The highest BCUT2D eigenvalue weighted by Crippen LogP contribution is 2.23. The lowest BCUT2D eigenvalue weighted by atomic mass is 9.86. The van der Waals surface area contributed by atoms with Gasteiger partial charge in [0, 0.05) is 32.4 Å². The molecule has 0 unspecified atom stereocenters. The van der Waals surface area contributed by atoms with Crippen molar-refractivity contribution in [2.24, 2.45) is 5.92 Å². The first-order chi connectivity index (χ1) is 12.6. The number of amides is 3. The topological polar surface area (TPSA) is 118 Å². The number of sulfonamides is 1. The molecule has 1 saturated carbocycles. The van der Waals surface area contributed by atoms with Crippen LogP contribution in [0.5, 0.6) is 0 Å². The summed E-state index contributed by atoms with van der Waals surface area (Å²) in [7, 11) is -0.999. The molecule has 0 saturated heterocycles. The van der Waals surface area contributed by atoms with Crippen molar-refractivity contribution in [2.75, 3.05) is 14.1 Å². The lowest BCUT2D eigenvalue weighted by molar-refractivity contribution is -0.120. The van der Waals surface area contributed by atoms with Crippen LogP contribution in [0.15, 0.2) is 28.0 Å². The Morgan fingerprint density at radius 1 is 1.22 bits per heavy atom. The number of hydrogen-bond donors (Lipinski definition) is 2. The summed E-state index contributed by atoms with van der Waals surface area (Å²) in [6.45, 7) is 1.60. The van der Waals surface area contributed by atoms with E-state index in [1.165, 1.54) is 20.2 Å². The van der Waals surface area contributed by atoms with Gasteiger partial charge in [-0.3, -0.25) is 14.9 Å². The molecular weight excluding hydrogens is 372 g/mol. The van der Waals surface area contributed by atoms with Crippen LogP contribution < -0.4 is 16.2 Å². The second-order valence-electron chi connectivity index (χ2n) is 7.01. The molecule has 1 aromatic rings. The maximum Gasteiger partial charge on any atom is 0.321 e. The Balaban J connectivity index is 2.03. The van der Waals surface area contributed by atoms with Crippen LogP contribution in [0.1, 0.15) is 32.6 Å². The van der Waals surface area contributed by atoms with Crippen molar-refractivity contribution >= 4 is 22.0 Å². The third-order valence-corrected chi connectivity index (χ3v) is 6.53. The van der Waals surface area contributed by atoms with Crippen LogP contribution in [0.4, 0.5) is 4.79 Å². The quantitative estimate of drug-likeness (QED) is 0.749.